The van der Waals surface area contributed by atoms with Crippen molar-refractivity contribution in [3.63, 3.8) is 0 Å². The fraction of sp³-hybridized carbons (Fsp3) is 0.125. The van der Waals surface area contributed by atoms with Gasteiger partial charge in [-0.2, -0.15) is 0 Å². The largest absolute Gasteiger partial charge is 0.352 e. The normalized spacial score (nSPS) is 10.1. The van der Waals surface area contributed by atoms with Crippen LogP contribution >= 0.6 is 0 Å². The number of benzene rings is 3. The van der Waals surface area contributed by atoms with Crippen molar-refractivity contribution in [2.45, 2.75) is 13.0 Å². The van der Waals surface area contributed by atoms with Crippen LogP contribution in [0.5, 0.6) is 0 Å². The molecule has 0 aromatic heterocycles. The number of amides is 4. The molecule has 0 heterocycles. The fourth-order valence-corrected chi connectivity index (χ4v) is 2.80. The summed E-state index contributed by atoms with van der Waals surface area (Å²) in [5.41, 5.74) is 2.71. The van der Waals surface area contributed by atoms with Gasteiger partial charge < -0.3 is 21.3 Å². The highest BCUT2D eigenvalue weighted by molar-refractivity contribution is 6.00. The second-order valence-corrected chi connectivity index (χ2v) is 6.79. The van der Waals surface area contributed by atoms with Crippen LogP contribution in [0.1, 0.15) is 22.3 Å². The van der Waals surface area contributed by atoms with E-state index in [9.17, 15) is 14.4 Å². The molecule has 0 radical (unpaired) electrons. The molecule has 0 spiro atoms. The highest BCUT2D eigenvalue weighted by Crippen LogP contribution is 2.11. The number of rotatable bonds is 8. The predicted molar refractivity (Wildman–Crippen MR) is 121 cm³/mol. The molecule has 158 valence electrons. The Morgan fingerprint density at radius 3 is 1.87 bits per heavy atom. The maximum absolute atomic E-state index is 12.2. The first-order valence-electron chi connectivity index (χ1n) is 9.92. The third kappa shape index (κ3) is 7.32. The van der Waals surface area contributed by atoms with Gasteiger partial charge in [0.15, 0.2) is 0 Å². The number of nitrogens with one attached hydrogen (secondary N) is 4. The molecule has 31 heavy (non-hydrogen) atoms. The second kappa shape index (κ2) is 11.2. The van der Waals surface area contributed by atoms with Gasteiger partial charge >= 0.3 is 6.03 Å². The molecular weight excluding hydrogens is 392 g/mol. The molecule has 0 bridgehead atoms. The lowest BCUT2D eigenvalue weighted by atomic mass is 10.2. The lowest BCUT2D eigenvalue weighted by Crippen LogP contribution is -2.30. The molecule has 0 saturated carbocycles. The van der Waals surface area contributed by atoms with Crippen LogP contribution in [0.2, 0.25) is 0 Å². The summed E-state index contributed by atoms with van der Waals surface area (Å²) in [7, 11) is 0. The van der Waals surface area contributed by atoms with Gasteiger partial charge in [0.1, 0.15) is 0 Å². The van der Waals surface area contributed by atoms with Gasteiger partial charge in [-0.3, -0.25) is 9.59 Å². The summed E-state index contributed by atoms with van der Waals surface area (Å²) in [4.78, 5) is 36.2. The molecular formula is C24H24N4O3. The summed E-state index contributed by atoms with van der Waals surface area (Å²) in [6, 6.07) is 24.9. The summed E-state index contributed by atoms with van der Waals surface area (Å²) in [6.07, 6.45) is 0.192. The standard InChI is InChI=1S/C24H24N4O3/c29-22(26-17-18-7-3-1-4-8-18)15-16-25-23(30)19-11-13-21(14-12-19)28-24(31)27-20-9-5-2-6-10-20/h1-14H,15-17H2,(H,25,30)(H,26,29)(H2,27,28,31). The lowest BCUT2D eigenvalue weighted by Gasteiger charge is -2.09. The first kappa shape index (κ1) is 21.6. The second-order valence-electron chi connectivity index (χ2n) is 6.79. The molecule has 4 N–H and O–H groups in total. The summed E-state index contributed by atoms with van der Waals surface area (Å²) in [6.45, 7) is 0.693. The first-order valence-corrected chi connectivity index (χ1v) is 9.92. The Hall–Kier alpha value is -4.13. The number of anilines is 2. The van der Waals surface area contributed by atoms with E-state index in [0.29, 0.717) is 23.5 Å². The first-order chi connectivity index (χ1) is 15.1. The molecule has 0 atom stereocenters. The molecule has 0 aliphatic heterocycles. The van der Waals surface area contributed by atoms with Gasteiger partial charge in [0.25, 0.3) is 5.91 Å². The van der Waals surface area contributed by atoms with E-state index in [1.807, 2.05) is 48.5 Å². The zero-order valence-corrected chi connectivity index (χ0v) is 16.9. The van der Waals surface area contributed by atoms with Gasteiger partial charge in [-0.1, -0.05) is 48.5 Å². The van der Waals surface area contributed by atoms with Crippen LogP contribution in [0.25, 0.3) is 0 Å². The van der Waals surface area contributed by atoms with Crippen LogP contribution in [0.15, 0.2) is 84.9 Å². The van der Waals surface area contributed by atoms with Crippen LogP contribution in [0.4, 0.5) is 16.2 Å². The number of urea groups is 1. The molecule has 7 heteroatoms. The number of carbonyl (C=O) groups is 3. The average molecular weight is 416 g/mol. The van der Waals surface area contributed by atoms with Crippen molar-refractivity contribution in [3.8, 4) is 0 Å². The molecule has 0 unspecified atom stereocenters. The molecule has 3 aromatic carbocycles. The van der Waals surface area contributed by atoms with E-state index in [-0.39, 0.29) is 30.8 Å². The quantitative estimate of drug-likeness (QED) is 0.450. The van der Waals surface area contributed by atoms with Gasteiger partial charge in [-0.15, -0.1) is 0 Å². The fourth-order valence-electron chi connectivity index (χ4n) is 2.80. The van der Waals surface area contributed by atoms with Gasteiger partial charge in [0, 0.05) is 36.4 Å². The van der Waals surface area contributed by atoms with Crippen molar-refractivity contribution >= 4 is 29.2 Å². The smallest absolute Gasteiger partial charge is 0.323 e. The summed E-state index contributed by atoms with van der Waals surface area (Å²) >= 11 is 0. The molecule has 0 aliphatic rings. The Balaban J connectivity index is 1.38. The van der Waals surface area contributed by atoms with Crippen LogP contribution in [-0.2, 0) is 11.3 Å². The molecule has 3 aromatic rings. The molecule has 0 fully saturated rings. The number of hydrogen-bond donors (Lipinski definition) is 4. The van der Waals surface area contributed by atoms with Gasteiger partial charge in [0.2, 0.25) is 5.91 Å². The third-order valence-corrected chi connectivity index (χ3v) is 4.41. The van der Waals surface area contributed by atoms with Crippen LogP contribution in [-0.4, -0.2) is 24.4 Å². The maximum Gasteiger partial charge on any atom is 0.323 e. The Morgan fingerprint density at radius 1 is 0.645 bits per heavy atom. The summed E-state index contributed by atoms with van der Waals surface area (Å²) in [5.74, 6) is -0.413. The highest BCUT2D eigenvalue weighted by Gasteiger charge is 2.08. The number of carbonyl (C=O) groups excluding carboxylic acids is 3. The maximum atomic E-state index is 12.2. The summed E-state index contributed by atoms with van der Waals surface area (Å²) in [5, 5.41) is 11.0. The van der Waals surface area contributed by atoms with E-state index >= 15 is 0 Å². The molecule has 7 nitrogen and oxygen atoms in total. The van der Waals surface area contributed by atoms with E-state index in [1.165, 1.54) is 0 Å². The molecule has 4 amide bonds. The minimum Gasteiger partial charge on any atom is -0.352 e. The molecule has 0 saturated heterocycles. The highest BCUT2D eigenvalue weighted by atomic mass is 16.2. The van der Waals surface area contributed by atoms with E-state index in [4.69, 9.17) is 0 Å². The van der Waals surface area contributed by atoms with E-state index in [1.54, 1.807) is 36.4 Å². The SMILES string of the molecule is O=C(CCNC(=O)c1ccc(NC(=O)Nc2ccccc2)cc1)NCc1ccccc1. The lowest BCUT2D eigenvalue weighted by molar-refractivity contribution is -0.121. The third-order valence-electron chi connectivity index (χ3n) is 4.41. The minimum absolute atomic E-state index is 0.131. The van der Waals surface area contributed by atoms with E-state index in [2.05, 4.69) is 21.3 Å². The van der Waals surface area contributed by atoms with Crippen molar-refractivity contribution in [3.05, 3.63) is 96.1 Å². The minimum atomic E-state index is -0.370. The van der Waals surface area contributed by atoms with Gasteiger partial charge in [-0.05, 0) is 42.0 Å². The van der Waals surface area contributed by atoms with Crippen molar-refractivity contribution in [1.29, 1.82) is 0 Å². The van der Waals surface area contributed by atoms with E-state index in [0.717, 1.165) is 5.56 Å². The average Bonchev–Trinajstić information content (AvgIpc) is 2.79. The van der Waals surface area contributed by atoms with Crippen molar-refractivity contribution in [1.82, 2.24) is 10.6 Å². The van der Waals surface area contributed by atoms with Crippen LogP contribution in [0.3, 0.4) is 0 Å². The Bertz CT molecular complexity index is 1010. The van der Waals surface area contributed by atoms with Crippen LogP contribution < -0.4 is 21.3 Å². The zero-order valence-electron chi connectivity index (χ0n) is 16.9. The molecule has 0 aliphatic carbocycles. The Labute approximate surface area is 180 Å². The van der Waals surface area contributed by atoms with Crippen LogP contribution in [0, 0.1) is 0 Å². The summed E-state index contributed by atoms with van der Waals surface area (Å²) < 4.78 is 0. The van der Waals surface area contributed by atoms with Crippen molar-refractivity contribution < 1.29 is 14.4 Å². The Kier molecular flexibility index (Phi) is 7.77. The predicted octanol–water partition coefficient (Wildman–Crippen LogP) is 3.77. The monoisotopic (exact) mass is 416 g/mol. The molecule has 3 rings (SSSR count). The number of hydrogen-bond acceptors (Lipinski definition) is 3. The van der Waals surface area contributed by atoms with Crippen molar-refractivity contribution in [2.24, 2.45) is 0 Å². The van der Waals surface area contributed by atoms with E-state index < -0.39 is 0 Å². The zero-order chi connectivity index (χ0) is 21.9. The van der Waals surface area contributed by atoms with Crippen molar-refractivity contribution in [2.75, 3.05) is 17.2 Å². The topological polar surface area (TPSA) is 99.3 Å². The Morgan fingerprint density at radius 2 is 1.23 bits per heavy atom. The number of para-hydroxylation sites is 1. The van der Waals surface area contributed by atoms with Gasteiger partial charge in [-0.25, -0.2) is 4.79 Å². The van der Waals surface area contributed by atoms with Gasteiger partial charge in [0.05, 0.1) is 0 Å².